The number of likely N-dealkylation sites (N-methyl/N-ethyl adjacent to an activating group) is 1. The average molecular weight is 476 g/mol. The van der Waals surface area contributed by atoms with Crippen LogP contribution in [-0.4, -0.2) is 102 Å². The lowest BCUT2D eigenvalue weighted by molar-refractivity contribution is -0.298. The van der Waals surface area contributed by atoms with E-state index < -0.39 is 54.4 Å². The lowest BCUT2D eigenvalue weighted by atomic mass is 9.84. The van der Waals surface area contributed by atoms with Crippen LogP contribution in [0.25, 0.3) is 0 Å². The molecule has 190 valence electrons. The summed E-state index contributed by atoms with van der Waals surface area (Å²) in [6, 6.07) is -2.06. The van der Waals surface area contributed by atoms with Crippen molar-refractivity contribution in [2.24, 2.45) is 17.2 Å². The molecule has 11 N–H and O–H groups in total. The summed E-state index contributed by atoms with van der Waals surface area (Å²) < 4.78 is 23.1. The van der Waals surface area contributed by atoms with E-state index in [0.29, 0.717) is 24.9 Å². The van der Waals surface area contributed by atoms with Crippen molar-refractivity contribution in [3.05, 3.63) is 11.6 Å². The lowest BCUT2D eigenvalue weighted by Gasteiger charge is -2.47. The number of nitrogens with two attached hydrogens (primary N) is 3. The molecule has 0 aromatic heterocycles. The van der Waals surface area contributed by atoms with Crippen molar-refractivity contribution in [1.82, 2.24) is 10.6 Å². The maximum atomic E-state index is 11.1. The predicted molar refractivity (Wildman–Crippen MR) is 115 cm³/mol. The molecule has 3 aliphatic rings. The van der Waals surface area contributed by atoms with Crippen molar-refractivity contribution in [3.63, 3.8) is 0 Å². The van der Waals surface area contributed by atoms with Crippen LogP contribution in [0.1, 0.15) is 26.2 Å². The summed E-state index contributed by atoms with van der Waals surface area (Å²) in [5.74, 6) is 0.0396. The number of aliphatic hydroxyl groups is 3. The van der Waals surface area contributed by atoms with E-state index in [4.69, 9.17) is 36.1 Å². The summed E-state index contributed by atoms with van der Waals surface area (Å²) >= 11 is 0. The second-order valence-corrected chi connectivity index (χ2v) is 9.07. The van der Waals surface area contributed by atoms with Gasteiger partial charge in [0.1, 0.15) is 36.1 Å². The summed E-state index contributed by atoms with van der Waals surface area (Å²) in [6.45, 7) is 1.69. The molecule has 0 bridgehead atoms. The number of carbonyl (C=O) groups is 1. The van der Waals surface area contributed by atoms with Crippen LogP contribution in [0.2, 0.25) is 0 Å². The number of amides is 1. The number of carbonyl (C=O) groups excluding carboxylic acids is 1. The van der Waals surface area contributed by atoms with Crippen LogP contribution in [0.15, 0.2) is 11.6 Å². The molecule has 3 rings (SSSR count). The van der Waals surface area contributed by atoms with Gasteiger partial charge in [0.2, 0.25) is 6.41 Å². The molecular weight excluding hydrogens is 438 g/mol. The minimum Gasteiger partial charge on any atom is -0.459 e. The van der Waals surface area contributed by atoms with E-state index in [-0.39, 0.29) is 31.6 Å². The number of allylic oxidation sites excluding steroid dienone is 1. The molecule has 2 aliphatic heterocycles. The molecule has 2 heterocycles. The lowest BCUT2D eigenvalue weighted by Crippen LogP contribution is -2.68. The fraction of sp³-hybridized carbons (Fsp3) is 0.850. The second-order valence-electron chi connectivity index (χ2n) is 9.07. The Morgan fingerprint density at radius 1 is 1.24 bits per heavy atom. The molecule has 1 saturated heterocycles. The smallest absolute Gasteiger partial charge is 0.300 e. The van der Waals surface area contributed by atoms with Gasteiger partial charge in [-0.1, -0.05) is 0 Å². The fourth-order valence-electron chi connectivity index (χ4n) is 4.61. The molecule has 13 nitrogen and oxygen atoms in total. The molecular formula is C20H37N5O8. The van der Waals surface area contributed by atoms with Gasteiger partial charge in [0.05, 0.1) is 18.3 Å². The largest absolute Gasteiger partial charge is 0.459 e. The molecule has 1 amide bonds. The normalized spacial score (nSPS) is 44.2. The van der Waals surface area contributed by atoms with Crippen LogP contribution in [0, 0.1) is 0 Å². The minimum absolute atomic E-state index is 0.0396. The SMILES string of the molecule is CNC1C(O)C(OC2C(N)CC(N)C(OC3=C(NC=O)CCC(CN)O3)C2O)OCC1(C)O. The van der Waals surface area contributed by atoms with Crippen molar-refractivity contribution >= 4 is 6.41 Å². The Kier molecular flexibility index (Phi) is 8.53. The van der Waals surface area contributed by atoms with Gasteiger partial charge in [-0.2, -0.15) is 0 Å². The molecule has 1 aliphatic carbocycles. The van der Waals surface area contributed by atoms with E-state index >= 15 is 0 Å². The van der Waals surface area contributed by atoms with E-state index in [2.05, 4.69) is 10.6 Å². The molecule has 0 aromatic carbocycles. The predicted octanol–water partition coefficient (Wildman–Crippen LogP) is -3.71. The number of nitrogens with one attached hydrogen (secondary N) is 2. The van der Waals surface area contributed by atoms with E-state index in [0.717, 1.165) is 0 Å². The molecule has 13 heteroatoms. The monoisotopic (exact) mass is 475 g/mol. The van der Waals surface area contributed by atoms with Crippen molar-refractivity contribution < 1.29 is 39.1 Å². The first kappa shape index (κ1) is 26.1. The first-order valence-corrected chi connectivity index (χ1v) is 11.1. The van der Waals surface area contributed by atoms with E-state index in [9.17, 15) is 20.1 Å². The Morgan fingerprint density at radius 3 is 2.58 bits per heavy atom. The van der Waals surface area contributed by atoms with Gasteiger partial charge in [0.25, 0.3) is 5.95 Å². The molecule has 0 radical (unpaired) electrons. The molecule has 10 atom stereocenters. The third-order valence-electron chi connectivity index (χ3n) is 6.47. The zero-order chi connectivity index (χ0) is 24.3. The Morgan fingerprint density at radius 2 is 1.94 bits per heavy atom. The van der Waals surface area contributed by atoms with Gasteiger partial charge in [-0.3, -0.25) is 4.79 Å². The first-order chi connectivity index (χ1) is 15.6. The Balaban J connectivity index is 1.75. The van der Waals surface area contributed by atoms with Gasteiger partial charge in [0.15, 0.2) is 6.29 Å². The first-order valence-electron chi connectivity index (χ1n) is 11.1. The topological polar surface area (TPSA) is 217 Å². The molecule has 10 unspecified atom stereocenters. The number of rotatable bonds is 8. The summed E-state index contributed by atoms with van der Waals surface area (Å²) in [5.41, 5.74) is 17.3. The zero-order valence-corrected chi connectivity index (χ0v) is 18.9. The number of hydrogen-bond donors (Lipinski definition) is 8. The highest BCUT2D eigenvalue weighted by Gasteiger charge is 2.50. The van der Waals surface area contributed by atoms with Gasteiger partial charge < -0.3 is 62.1 Å². The Labute approximate surface area is 192 Å². The molecule has 33 heavy (non-hydrogen) atoms. The summed E-state index contributed by atoms with van der Waals surface area (Å²) in [4.78, 5) is 11.0. The van der Waals surface area contributed by atoms with Gasteiger partial charge in [-0.05, 0) is 33.2 Å². The van der Waals surface area contributed by atoms with Crippen LogP contribution in [0.5, 0.6) is 0 Å². The van der Waals surface area contributed by atoms with E-state index in [1.165, 1.54) is 6.92 Å². The molecule has 2 fully saturated rings. The maximum absolute atomic E-state index is 11.1. The van der Waals surface area contributed by atoms with Gasteiger partial charge in [-0.15, -0.1) is 0 Å². The highest BCUT2D eigenvalue weighted by atomic mass is 16.7. The van der Waals surface area contributed by atoms with Crippen molar-refractivity contribution in [3.8, 4) is 0 Å². The van der Waals surface area contributed by atoms with Gasteiger partial charge in [-0.25, -0.2) is 0 Å². The number of aliphatic hydroxyl groups excluding tert-OH is 2. The van der Waals surface area contributed by atoms with Crippen molar-refractivity contribution in [2.45, 2.75) is 86.7 Å². The average Bonchev–Trinajstić information content (AvgIpc) is 2.76. The van der Waals surface area contributed by atoms with Gasteiger partial charge >= 0.3 is 0 Å². The standard InChI is InChI=1S/C20H37N5O8/c1-20(29)7-30-19(14(28)17(20)24-2)33-16-11(23)5-10(22)15(13(16)27)32-18-12(25-8-26)4-3-9(6-21)31-18/h8-11,13-17,19,24,27-29H,3-7,21-23H2,1-2H3,(H,25,26). The third-order valence-corrected chi connectivity index (χ3v) is 6.47. The Hall–Kier alpha value is -1.55. The maximum Gasteiger partial charge on any atom is 0.300 e. The van der Waals surface area contributed by atoms with Crippen LogP contribution >= 0.6 is 0 Å². The highest BCUT2D eigenvalue weighted by molar-refractivity contribution is 5.50. The van der Waals surface area contributed by atoms with Gasteiger partial charge in [0, 0.05) is 18.6 Å². The summed E-state index contributed by atoms with van der Waals surface area (Å²) in [6.07, 6.45) is -4.13. The molecule has 1 saturated carbocycles. The third kappa shape index (κ3) is 5.58. The van der Waals surface area contributed by atoms with Crippen molar-refractivity contribution in [2.75, 3.05) is 20.2 Å². The Bertz CT molecular complexity index is 710. The zero-order valence-electron chi connectivity index (χ0n) is 18.9. The van der Waals surface area contributed by atoms with Crippen molar-refractivity contribution in [1.29, 1.82) is 0 Å². The van der Waals surface area contributed by atoms with E-state index in [1.54, 1.807) is 7.05 Å². The minimum atomic E-state index is -1.32. The van der Waals surface area contributed by atoms with Crippen LogP contribution < -0.4 is 27.8 Å². The number of ether oxygens (including phenoxy) is 4. The second kappa shape index (κ2) is 10.8. The van der Waals surface area contributed by atoms with Crippen LogP contribution in [-0.2, 0) is 23.7 Å². The number of hydrogen-bond acceptors (Lipinski definition) is 12. The fourth-order valence-corrected chi connectivity index (χ4v) is 4.61. The molecule has 0 aromatic rings. The highest BCUT2D eigenvalue weighted by Crippen LogP contribution is 2.32. The van der Waals surface area contributed by atoms with E-state index in [1.807, 2.05) is 0 Å². The quantitative estimate of drug-likeness (QED) is 0.159. The summed E-state index contributed by atoms with van der Waals surface area (Å²) in [7, 11) is 1.60. The van der Waals surface area contributed by atoms with Crippen LogP contribution in [0.4, 0.5) is 0 Å². The summed E-state index contributed by atoms with van der Waals surface area (Å²) in [5, 5.41) is 37.6. The molecule has 0 spiro atoms. The van der Waals surface area contributed by atoms with Crippen LogP contribution in [0.3, 0.4) is 0 Å².